The van der Waals surface area contributed by atoms with Crippen LogP contribution in [0.25, 0.3) is 0 Å². The summed E-state index contributed by atoms with van der Waals surface area (Å²) in [4.78, 5) is 13.6. The number of amides is 1. The molecule has 3 fully saturated rings. The number of carbonyl (C=O) groups is 1. The van der Waals surface area contributed by atoms with Gasteiger partial charge in [-0.25, -0.2) is 0 Å². The molecule has 0 atom stereocenters. The van der Waals surface area contributed by atoms with Crippen molar-refractivity contribution in [1.29, 1.82) is 0 Å². The van der Waals surface area contributed by atoms with Gasteiger partial charge in [0.2, 0.25) is 5.91 Å². The monoisotopic (exact) mass is 315 g/mol. The average Bonchev–Trinajstić information content (AvgIpc) is 2.78. The van der Waals surface area contributed by atoms with Crippen LogP contribution in [-0.2, 0) is 15.0 Å². The minimum absolute atomic E-state index is 0.0923. The van der Waals surface area contributed by atoms with E-state index in [-0.39, 0.29) is 11.4 Å². The Hall–Kier alpha value is -0.660. The van der Waals surface area contributed by atoms with Crippen molar-refractivity contribution in [2.24, 2.45) is 0 Å². The lowest BCUT2D eigenvalue weighted by Gasteiger charge is -2.44. The van der Waals surface area contributed by atoms with E-state index >= 15 is 0 Å². The van der Waals surface area contributed by atoms with Crippen molar-refractivity contribution in [2.45, 2.75) is 50.5 Å². The van der Waals surface area contributed by atoms with Gasteiger partial charge in [-0.3, -0.25) is 4.79 Å². The van der Waals surface area contributed by atoms with E-state index in [1.807, 2.05) is 11.9 Å². The number of carbonyl (C=O) groups excluding carboxylic acids is 1. The third kappa shape index (κ3) is 2.59. The molecule has 3 aliphatic heterocycles. The molecule has 7 heteroatoms. The summed E-state index contributed by atoms with van der Waals surface area (Å²) in [6.45, 7) is 2.39. The molecule has 3 aliphatic rings. The van der Waals surface area contributed by atoms with Crippen molar-refractivity contribution >= 4 is 16.1 Å². The second kappa shape index (κ2) is 5.52. The lowest BCUT2D eigenvalue weighted by molar-refractivity contribution is -0.130. The maximum atomic E-state index is 12.7. The van der Waals surface area contributed by atoms with Gasteiger partial charge in [0, 0.05) is 45.2 Å². The van der Waals surface area contributed by atoms with Gasteiger partial charge >= 0.3 is 0 Å². The lowest BCUT2D eigenvalue weighted by Crippen LogP contribution is -2.55. The number of likely N-dealkylation sites (tertiary alicyclic amines) is 1. The second-order valence-electron chi connectivity index (χ2n) is 6.54. The molecule has 21 heavy (non-hydrogen) atoms. The second-order valence-corrected chi connectivity index (χ2v) is 8.47. The lowest BCUT2D eigenvalue weighted by atomic mass is 9.86. The quantitative estimate of drug-likeness (QED) is 0.757. The largest absolute Gasteiger partial charge is 0.340 e. The summed E-state index contributed by atoms with van der Waals surface area (Å²) in [5.74, 6) is 0.197. The highest BCUT2D eigenvalue weighted by Gasteiger charge is 2.47. The first kappa shape index (κ1) is 15.2. The van der Waals surface area contributed by atoms with Crippen molar-refractivity contribution in [1.82, 2.24) is 13.5 Å². The number of piperidine rings is 2. The number of rotatable bonds is 2. The maximum absolute atomic E-state index is 12.7. The van der Waals surface area contributed by atoms with E-state index < -0.39 is 10.2 Å². The van der Waals surface area contributed by atoms with E-state index in [0.717, 1.165) is 38.5 Å². The summed E-state index contributed by atoms with van der Waals surface area (Å²) >= 11 is 0. The smallest absolute Gasteiger partial charge is 0.281 e. The molecular weight excluding hydrogens is 290 g/mol. The van der Waals surface area contributed by atoms with Crippen LogP contribution in [0.15, 0.2) is 0 Å². The molecule has 0 N–H and O–H groups in total. The van der Waals surface area contributed by atoms with Gasteiger partial charge in [0.1, 0.15) is 0 Å². The first-order valence-corrected chi connectivity index (χ1v) is 9.37. The maximum Gasteiger partial charge on any atom is 0.281 e. The molecule has 1 amide bonds. The number of nitrogens with zero attached hydrogens (tertiary/aromatic N) is 3. The fourth-order valence-electron chi connectivity index (χ4n) is 3.92. The summed E-state index contributed by atoms with van der Waals surface area (Å²) in [5.41, 5.74) is -0.0923. The standard InChI is InChI=1S/C14H25N3O3S/c1-15-13(18)5-6-14(15)7-11-17(12-8-14)21(19,20)16-9-3-2-4-10-16/h2-12H2,1H3. The van der Waals surface area contributed by atoms with Crippen LogP contribution < -0.4 is 0 Å². The van der Waals surface area contributed by atoms with Gasteiger partial charge in [-0.1, -0.05) is 6.42 Å². The predicted octanol–water partition coefficient (Wildman–Crippen LogP) is 0.804. The van der Waals surface area contributed by atoms with Gasteiger partial charge < -0.3 is 4.90 Å². The zero-order valence-electron chi connectivity index (χ0n) is 12.8. The summed E-state index contributed by atoms with van der Waals surface area (Å²) < 4.78 is 28.6. The highest BCUT2D eigenvalue weighted by Crippen LogP contribution is 2.38. The van der Waals surface area contributed by atoms with E-state index in [2.05, 4.69) is 0 Å². The Balaban J connectivity index is 1.66. The van der Waals surface area contributed by atoms with Crippen molar-refractivity contribution in [3.8, 4) is 0 Å². The van der Waals surface area contributed by atoms with Crippen LogP contribution in [0.4, 0.5) is 0 Å². The zero-order valence-corrected chi connectivity index (χ0v) is 13.6. The van der Waals surface area contributed by atoms with Crippen LogP contribution in [-0.4, -0.2) is 66.6 Å². The molecule has 0 aromatic carbocycles. The van der Waals surface area contributed by atoms with Gasteiger partial charge in [-0.05, 0) is 32.1 Å². The molecule has 3 saturated heterocycles. The molecule has 3 rings (SSSR count). The van der Waals surface area contributed by atoms with Gasteiger partial charge in [-0.2, -0.15) is 17.0 Å². The molecule has 1 spiro atoms. The van der Waals surface area contributed by atoms with E-state index in [1.165, 1.54) is 0 Å². The molecule has 0 aliphatic carbocycles. The fraction of sp³-hybridized carbons (Fsp3) is 0.929. The zero-order chi connectivity index (χ0) is 15.1. The highest BCUT2D eigenvalue weighted by molar-refractivity contribution is 7.86. The van der Waals surface area contributed by atoms with E-state index in [1.54, 1.807) is 8.61 Å². The van der Waals surface area contributed by atoms with Crippen LogP contribution in [0.3, 0.4) is 0 Å². The third-order valence-corrected chi connectivity index (χ3v) is 7.55. The number of hydrogen-bond acceptors (Lipinski definition) is 3. The molecule has 3 heterocycles. The molecule has 0 aromatic heterocycles. The summed E-state index contributed by atoms with van der Waals surface area (Å²) in [5, 5.41) is 0. The Labute approximate surface area is 127 Å². The van der Waals surface area contributed by atoms with Gasteiger partial charge in [0.05, 0.1) is 0 Å². The van der Waals surface area contributed by atoms with Crippen LogP contribution in [0.1, 0.15) is 44.9 Å². The normalized spacial score (nSPS) is 28.4. The Morgan fingerprint density at radius 2 is 1.48 bits per heavy atom. The molecule has 6 nitrogen and oxygen atoms in total. The minimum Gasteiger partial charge on any atom is -0.340 e. The van der Waals surface area contributed by atoms with Crippen LogP contribution in [0.5, 0.6) is 0 Å². The topological polar surface area (TPSA) is 60.9 Å². The fourth-order valence-corrected chi connectivity index (χ4v) is 5.61. The van der Waals surface area contributed by atoms with Gasteiger partial charge in [-0.15, -0.1) is 0 Å². The van der Waals surface area contributed by atoms with Crippen LogP contribution in [0.2, 0.25) is 0 Å². The van der Waals surface area contributed by atoms with Crippen molar-refractivity contribution < 1.29 is 13.2 Å². The summed E-state index contributed by atoms with van der Waals surface area (Å²) in [6.07, 6.45) is 6.07. The van der Waals surface area contributed by atoms with Crippen molar-refractivity contribution in [3.63, 3.8) is 0 Å². The Bertz CT molecular complexity index is 506. The molecule has 120 valence electrons. The summed E-state index contributed by atoms with van der Waals surface area (Å²) in [6, 6.07) is 0. The van der Waals surface area contributed by atoms with Gasteiger partial charge in [0.15, 0.2) is 0 Å². The highest BCUT2D eigenvalue weighted by atomic mass is 32.2. The van der Waals surface area contributed by atoms with Crippen molar-refractivity contribution in [3.05, 3.63) is 0 Å². The Kier molecular flexibility index (Phi) is 4.00. The SMILES string of the molecule is CN1C(=O)CCC12CCN(S(=O)(=O)N1CCCCC1)CC2. The first-order chi connectivity index (χ1) is 9.96. The molecule has 0 aromatic rings. The number of hydrogen-bond donors (Lipinski definition) is 0. The van der Waals surface area contributed by atoms with E-state index in [0.29, 0.717) is 32.6 Å². The third-order valence-electron chi connectivity index (χ3n) is 5.51. The Morgan fingerprint density at radius 3 is 2.00 bits per heavy atom. The van der Waals surface area contributed by atoms with E-state index in [4.69, 9.17) is 0 Å². The molecule has 0 radical (unpaired) electrons. The average molecular weight is 315 g/mol. The summed E-state index contributed by atoms with van der Waals surface area (Å²) in [7, 11) is -1.43. The predicted molar refractivity (Wildman–Crippen MR) is 79.9 cm³/mol. The van der Waals surface area contributed by atoms with E-state index in [9.17, 15) is 13.2 Å². The molecule has 0 unspecified atom stereocenters. The van der Waals surface area contributed by atoms with Gasteiger partial charge in [0.25, 0.3) is 10.2 Å². The minimum atomic E-state index is -3.30. The molecular formula is C14H25N3O3S. The van der Waals surface area contributed by atoms with Crippen molar-refractivity contribution in [2.75, 3.05) is 33.2 Å². The van der Waals surface area contributed by atoms with Crippen LogP contribution in [0, 0.1) is 0 Å². The molecule has 0 saturated carbocycles. The van der Waals surface area contributed by atoms with Crippen LogP contribution >= 0.6 is 0 Å². The molecule has 0 bridgehead atoms. The first-order valence-electron chi connectivity index (χ1n) is 7.98. The Morgan fingerprint density at radius 1 is 0.905 bits per heavy atom.